The average molecular weight is 385 g/mol. The van der Waals surface area contributed by atoms with Crippen LogP contribution in [0.3, 0.4) is 0 Å². The fourth-order valence-corrected chi connectivity index (χ4v) is 3.69. The van der Waals surface area contributed by atoms with Gasteiger partial charge in [-0.1, -0.05) is 12.1 Å². The Kier molecular flexibility index (Phi) is 5.58. The summed E-state index contributed by atoms with van der Waals surface area (Å²) < 4.78 is 0. The Balaban J connectivity index is 1.90. The maximum absolute atomic E-state index is 13.1. The molecule has 8 heteroatoms. The number of hydrogen-bond acceptors (Lipinski definition) is 5. The summed E-state index contributed by atoms with van der Waals surface area (Å²) in [5, 5.41) is 2.68. The molecule has 1 unspecified atom stereocenters. The van der Waals surface area contributed by atoms with E-state index in [1.807, 2.05) is 0 Å². The number of carbonyl (C=O) groups excluding carboxylic acids is 5. The summed E-state index contributed by atoms with van der Waals surface area (Å²) in [6, 6.07) is 3.71. The Bertz CT molecular complexity index is 863. The zero-order chi connectivity index (χ0) is 20.4. The van der Waals surface area contributed by atoms with Crippen molar-refractivity contribution in [3.8, 4) is 0 Å². The fourth-order valence-electron chi connectivity index (χ4n) is 3.69. The number of amides is 4. The molecule has 1 aromatic rings. The van der Waals surface area contributed by atoms with E-state index in [1.54, 1.807) is 32.2 Å². The highest BCUT2D eigenvalue weighted by Gasteiger charge is 2.44. The monoisotopic (exact) mass is 385 g/mol. The molecule has 0 aromatic heterocycles. The molecular formula is C20H23N3O5. The van der Waals surface area contributed by atoms with E-state index in [1.165, 1.54) is 4.90 Å². The van der Waals surface area contributed by atoms with Gasteiger partial charge in [-0.05, 0) is 25.0 Å². The van der Waals surface area contributed by atoms with Gasteiger partial charge in [0, 0.05) is 39.4 Å². The van der Waals surface area contributed by atoms with Crippen molar-refractivity contribution >= 4 is 29.4 Å². The molecule has 0 bridgehead atoms. The van der Waals surface area contributed by atoms with Gasteiger partial charge < -0.3 is 10.2 Å². The second-order valence-corrected chi connectivity index (χ2v) is 7.07. The first-order valence-corrected chi connectivity index (χ1v) is 9.38. The first kappa shape index (κ1) is 19.7. The largest absolute Gasteiger partial charge is 0.338 e. The number of Topliss-reactive ketones (excluding diaryl/α,β-unsaturated/α-hetero) is 2. The number of nitrogens with zero attached hydrogens (tertiary/aromatic N) is 2. The van der Waals surface area contributed by atoms with Gasteiger partial charge in [0.25, 0.3) is 11.8 Å². The lowest BCUT2D eigenvalue weighted by atomic mass is 10.0. The molecule has 1 saturated carbocycles. The number of urea groups is 1. The number of benzene rings is 1. The summed E-state index contributed by atoms with van der Waals surface area (Å²) in [6.07, 6.45) is 0.540. The first-order valence-electron chi connectivity index (χ1n) is 9.38. The molecule has 0 spiro atoms. The molecule has 148 valence electrons. The van der Waals surface area contributed by atoms with E-state index >= 15 is 0 Å². The van der Waals surface area contributed by atoms with Gasteiger partial charge in [-0.2, -0.15) is 0 Å². The maximum Gasteiger partial charge on any atom is 0.317 e. The smallest absolute Gasteiger partial charge is 0.317 e. The molecular weight excluding hydrogens is 362 g/mol. The van der Waals surface area contributed by atoms with E-state index in [9.17, 15) is 24.0 Å². The number of fused-ring (bicyclic) bond motifs is 1. The molecule has 8 nitrogen and oxygen atoms in total. The zero-order valence-electron chi connectivity index (χ0n) is 16.0. The Morgan fingerprint density at radius 1 is 1.14 bits per heavy atom. The van der Waals surface area contributed by atoms with Gasteiger partial charge in [-0.3, -0.25) is 24.1 Å². The summed E-state index contributed by atoms with van der Waals surface area (Å²) in [5.74, 6) is -1.35. The van der Waals surface area contributed by atoms with Gasteiger partial charge >= 0.3 is 6.03 Å². The van der Waals surface area contributed by atoms with Crippen molar-refractivity contribution in [3.63, 3.8) is 0 Å². The van der Waals surface area contributed by atoms with Crippen LogP contribution in [0.25, 0.3) is 0 Å². The van der Waals surface area contributed by atoms with Crippen LogP contribution in [-0.2, 0) is 16.1 Å². The second-order valence-electron chi connectivity index (χ2n) is 7.07. The predicted molar refractivity (Wildman–Crippen MR) is 99.8 cm³/mol. The third-order valence-corrected chi connectivity index (χ3v) is 5.15. The molecule has 1 fully saturated rings. The molecule has 0 radical (unpaired) electrons. The quantitative estimate of drug-likeness (QED) is 0.625. The van der Waals surface area contributed by atoms with E-state index in [0.717, 1.165) is 4.90 Å². The van der Waals surface area contributed by atoms with Crippen LogP contribution in [-0.4, -0.2) is 58.8 Å². The van der Waals surface area contributed by atoms with Crippen LogP contribution in [0.2, 0.25) is 0 Å². The van der Waals surface area contributed by atoms with Crippen molar-refractivity contribution in [2.45, 2.75) is 45.2 Å². The van der Waals surface area contributed by atoms with Crippen molar-refractivity contribution in [2.75, 3.05) is 13.6 Å². The molecule has 1 aromatic carbocycles. The Morgan fingerprint density at radius 2 is 1.89 bits per heavy atom. The van der Waals surface area contributed by atoms with Crippen molar-refractivity contribution in [3.05, 3.63) is 34.9 Å². The molecule has 3 rings (SSSR count). The van der Waals surface area contributed by atoms with Crippen molar-refractivity contribution in [1.82, 2.24) is 15.1 Å². The van der Waals surface area contributed by atoms with E-state index in [-0.39, 0.29) is 61.0 Å². The van der Waals surface area contributed by atoms with Gasteiger partial charge in [0.2, 0.25) is 0 Å². The number of rotatable bonds is 4. The summed E-state index contributed by atoms with van der Waals surface area (Å²) in [7, 11) is 1.60. The van der Waals surface area contributed by atoms with Crippen LogP contribution in [0.1, 0.15) is 58.9 Å². The lowest BCUT2D eigenvalue weighted by Gasteiger charge is -2.23. The Hall–Kier alpha value is -3.03. The summed E-state index contributed by atoms with van der Waals surface area (Å²) in [6.45, 7) is 2.43. The number of imide groups is 1. The number of carbonyl (C=O) groups is 5. The fraction of sp³-hybridized carbons (Fsp3) is 0.450. The molecule has 1 heterocycles. The zero-order valence-corrected chi connectivity index (χ0v) is 16.0. The number of hydrogen-bond donors (Lipinski definition) is 1. The average Bonchev–Trinajstić information content (AvgIpc) is 2.80. The summed E-state index contributed by atoms with van der Waals surface area (Å²) in [5.41, 5.74) is 1.01. The molecule has 1 N–H and O–H groups in total. The van der Waals surface area contributed by atoms with E-state index in [4.69, 9.17) is 0 Å². The minimum Gasteiger partial charge on any atom is -0.338 e. The highest BCUT2D eigenvalue weighted by atomic mass is 16.2. The van der Waals surface area contributed by atoms with Crippen molar-refractivity contribution in [1.29, 1.82) is 0 Å². The molecule has 1 aliphatic carbocycles. The predicted octanol–water partition coefficient (Wildman–Crippen LogP) is 1.52. The van der Waals surface area contributed by atoms with Crippen LogP contribution < -0.4 is 5.32 Å². The number of nitrogens with one attached hydrogen (secondary N) is 1. The van der Waals surface area contributed by atoms with Gasteiger partial charge in [-0.15, -0.1) is 0 Å². The first-order chi connectivity index (χ1) is 13.3. The summed E-state index contributed by atoms with van der Waals surface area (Å²) in [4.78, 5) is 64.5. The standard InChI is InChI=1S/C20H23N3O5/c1-3-21-20(28)22(2)11-12-5-4-6-14-17(12)19(27)23(18(14)26)15-9-7-13(24)8-10-16(15)25/h4-6,15H,3,7-11H2,1-2H3,(H,21,28). The van der Waals surface area contributed by atoms with Crippen LogP contribution in [0.4, 0.5) is 4.79 Å². The third-order valence-electron chi connectivity index (χ3n) is 5.15. The normalized spacial score (nSPS) is 19.5. The van der Waals surface area contributed by atoms with E-state index < -0.39 is 17.9 Å². The van der Waals surface area contributed by atoms with Crippen LogP contribution in [0, 0.1) is 0 Å². The molecule has 4 amide bonds. The lowest BCUT2D eigenvalue weighted by molar-refractivity contribution is -0.124. The van der Waals surface area contributed by atoms with Crippen molar-refractivity contribution in [2.24, 2.45) is 0 Å². The third kappa shape index (κ3) is 3.54. The summed E-state index contributed by atoms with van der Waals surface area (Å²) >= 11 is 0. The van der Waals surface area contributed by atoms with Gasteiger partial charge in [-0.25, -0.2) is 4.79 Å². The molecule has 1 aliphatic heterocycles. The maximum atomic E-state index is 13.1. The Labute approximate surface area is 162 Å². The molecule has 2 aliphatic rings. The van der Waals surface area contributed by atoms with Crippen LogP contribution >= 0.6 is 0 Å². The SMILES string of the molecule is CCNC(=O)N(C)Cc1cccc2c1C(=O)N(C1CCC(=O)CCC1=O)C2=O. The lowest BCUT2D eigenvalue weighted by Crippen LogP contribution is -2.44. The van der Waals surface area contributed by atoms with Gasteiger partial charge in [0.05, 0.1) is 17.2 Å². The minimum atomic E-state index is -0.909. The van der Waals surface area contributed by atoms with E-state index in [2.05, 4.69) is 5.32 Å². The molecule has 28 heavy (non-hydrogen) atoms. The number of ketones is 2. The van der Waals surface area contributed by atoms with Gasteiger partial charge in [0.15, 0.2) is 5.78 Å². The highest BCUT2D eigenvalue weighted by Crippen LogP contribution is 2.31. The minimum absolute atomic E-state index is 0.0308. The Morgan fingerprint density at radius 3 is 2.61 bits per heavy atom. The second kappa shape index (κ2) is 7.92. The van der Waals surface area contributed by atoms with Crippen molar-refractivity contribution < 1.29 is 24.0 Å². The van der Waals surface area contributed by atoms with E-state index in [0.29, 0.717) is 12.1 Å². The van der Waals surface area contributed by atoms with Gasteiger partial charge in [0.1, 0.15) is 5.78 Å². The highest BCUT2D eigenvalue weighted by molar-refractivity contribution is 6.23. The topological polar surface area (TPSA) is 104 Å². The van der Waals surface area contributed by atoms with Crippen LogP contribution in [0.15, 0.2) is 18.2 Å². The molecule has 1 atom stereocenters. The van der Waals surface area contributed by atoms with Crippen LogP contribution in [0.5, 0.6) is 0 Å². The molecule has 0 saturated heterocycles.